The molecular formula is C91H98N4O37. The number of amides is 3. The molecule has 41 heteroatoms. The molecule has 14 N–H and O–H groups in total. The molecule has 11 atom stereocenters. The van der Waals surface area contributed by atoms with Crippen molar-refractivity contribution in [2.75, 3.05) is 54.5 Å². The van der Waals surface area contributed by atoms with Gasteiger partial charge in [-0.1, -0.05) is 57.2 Å². The van der Waals surface area contributed by atoms with Crippen molar-refractivity contribution >= 4 is 87.7 Å². The molecule has 6 aromatic carbocycles. The van der Waals surface area contributed by atoms with Crippen molar-refractivity contribution in [2.24, 2.45) is 5.84 Å². The van der Waals surface area contributed by atoms with Gasteiger partial charge in [-0.05, 0) is 58.2 Å². The number of phenols is 6. The van der Waals surface area contributed by atoms with E-state index in [0.717, 1.165) is 0 Å². The number of fused-ring (bicyclic) bond motifs is 9. The van der Waals surface area contributed by atoms with Gasteiger partial charge in [0.25, 0.3) is 0 Å². The zero-order valence-electron chi connectivity index (χ0n) is 73.0. The minimum atomic E-state index is -2.75. The Kier molecular flexibility index (Phi) is 29.6. The van der Waals surface area contributed by atoms with Gasteiger partial charge in [-0.15, -0.1) is 0 Å². The lowest BCUT2D eigenvalue weighted by molar-refractivity contribution is -0.212. The number of ether oxygens (including phenoxy) is 12. The molecule has 12 rings (SSSR count). The molecule has 0 saturated heterocycles. The van der Waals surface area contributed by atoms with Crippen molar-refractivity contribution in [1.82, 2.24) is 15.6 Å². The van der Waals surface area contributed by atoms with E-state index in [-0.39, 0.29) is 93.2 Å². The molecule has 6 aromatic rings. The first kappa shape index (κ1) is 98.0. The van der Waals surface area contributed by atoms with Gasteiger partial charge in [-0.2, -0.15) is 0 Å². The number of aliphatic hydroxyl groups is 4. The Hall–Kier alpha value is -13.1. The van der Waals surface area contributed by atoms with E-state index in [4.69, 9.17) is 67.8 Å². The van der Waals surface area contributed by atoms with Gasteiger partial charge < -0.3 is 119 Å². The minimum absolute atomic E-state index is 0.00468. The van der Waals surface area contributed by atoms with E-state index in [2.05, 4.69) is 10.6 Å². The molecule has 704 valence electrons. The fourth-order valence-electron chi connectivity index (χ4n) is 17.2. The van der Waals surface area contributed by atoms with Gasteiger partial charge in [0, 0.05) is 114 Å². The number of hydrazine groups is 1. The van der Waals surface area contributed by atoms with Gasteiger partial charge in [-0.3, -0.25) is 76.9 Å². The van der Waals surface area contributed by atoms with Crippen LogP contribution in [0.2, 0.25) is 0 Å². The average Bonchev–Trinajstić information content (AvgIpc) is 0.718. The SMILES string of the molecule is CCOC(CC)O[C@H]1C[C@](O)(C(=O)COC(=O)CCC(=O)NC(C)OC(CC)O[C@H]2C[C@](O)(C(=O)COC(=O)CCC(=O)NC(C)OC(CC)O[C@H]3C[C@](O)(C(=O)COC(=O)CCC(=O)N(N)CO)Cc4c(O)c5c(c(O)c43)C(=O)c3c(OC)cccc3C5=O)Cc3c(O)c4c(c(O)c32)C(=O)c2c(OC)cccc2C4=O)Cc2c(O)c3c(c(O)c21)C(=O)c1c(OC)cccc1C3=O. The minimum Gasteiger partial charge on any atom is -0.507 e. The third-order valence-electron chi connectivity index (χ3n) is 23.7. The largest absolute Gasteiger partial charge is 0.507 e. The number of rotatable bonds is 39. The number of carbonyl (C=O) groups is 15. The molecule has 6 aliphatic rings. The molecule has 6 aliphatic carbocycles. The standard InChI is InChI=1S/C91H98N4O37/c1-10-62(124-13-4)130-50-32-89(118,29-44-68(50)86(115)74-71(80(44)109)77(106)41-17-14-20-47(121-7)65(41)83(74)112)53(97)35-125-59(103)26-23-56(100)93-39(5)128-63(11-2)131-51-33-90(119,30-45-69(51)87(116)75-72(81(45)110)78(107)42-18-15-21-48(122-8)66(42)84(75)113)54(98)36-126-60(104)27-24-57(101)94-40(6)129-64(12-3)132-52-34-91(120,55(99)37-127-61(105)28-25-58(102)95(92)38-96)31-46-70(52)88(117)76-73(82(46)111)79(108)43-19-16-22-49(123-9)67(43)85(76)114/h14-22,39-40,50-52,62-64,96,109-111,115-120H,10-13,23-38,92H2,1-9H3,(H,93,100)(H,94,101)/t39?,40?,50-,51-,52-,62?,63?,64?,89-,90-,91-/m0/s1. The van der Waals surface area contributed by atoms with E-state index in [1.165, 1.54) is 104 Å². The molecule has 0 heterocycles. The maximum Gasteiger partial charge on any atom is 0.306 e. The summed E-state index contributed by atoms with van der Waals surface area (Å²) in [6.07, 6.45) is -20.8. The topological polar surface area (TPSA) is 622 Å². The molecule has 0 aromatic heterocycles. The maximum absolute atomic E-state index is 14.5. The van der Waals surface area contributed by atoms with Crippen molar-refractivity contribution < 1.29 is 180 Å². The molecule has 0 fully saturated rings. The maximum atomic E-state index is 14.5. The van der Waals surface area contributed by atoms with Crippen LogP contribution >= 0.6 is 0 Å². The highest BCUT2D eigenvalue weighted by atomic mass is 16.7. The van der Waals surface area contributed by atoms with Gasteiger partial charge in [0.1, 0.15) is 87.7 Å². The number of aromatic hydroxyl groups is 6. The first-order valence-corrected chi connectivity index (χ1v) is 42.1. The number of ketones is 9. The number of nitrogens with one attached hydrogen (secondary N) is 2. The smallest absolute Gasteiger partial charge is 0.306 e. The van der Waals surface area contributed by atoms with Crippen LogP contribution in [0, 0.1) is 0 Å². The normalized spacial score (nSPS) is 20.1. The first-order valence-electron chi connectivity index (χ1n) is 42.1. The highest BCUT2D eigenvalue weighted by Gasteiger charge is 2.55. The van der Waals surface area contributed by atoms with Crippen molar-refractivity contribution in [2.45, 2.75) is 204 Å². The molecule has 0 bridgehead atoms. The molecular weight excluding hydrogens is 1740 g/mol. The number of benzene rings is 6. The molecule has 3 amide bonds. The second-order valence-electron chi connectivity index (χ2n) is 32.2. The van der Waals surface area contributed by atoms with E-state index in [0.29, 0.717) is 5.01 Å². The van der Waals surface area contributed by atoms with Crippen LogP contribution in [-0.2, 0) is 105 Å². The van der Waals surface area contributed by atoms with E-state index in [1.54, 1.807) is 13.8 Å². The summed E-state index contributed by atoms with van der Waals surface area (Å²) in [4.78, 5) is 207. The highest BCUT2D eigenvalue weighted by Crippen LogP contribution is 2.57. The van der Waals surface area contributed by atoms with Crippen molar-refractivity contribution in [1.29, 1.82) is 0 Å². The first-order chi connectivity index (χ1) is 62.6. The second kappa shape index (κ2) is 39.9. The predicted molar refractivity (Wildman–Crippen MR) is 445 cm³/mol. The van der Waals surface area contributed by atoms with Gasteiger partial charge in [0.2, 0.25) is 52.4 Å². The number of nitrogens with zero attached hydrogens (tertiary/aromatic N) is 1. The number of hydrogen-bond acceptors (Lipinski definition) is 38. The van der Waals surface area contributed by atoms with E-state index in [9.17, 15) is 118 Å². The number of phenolic OH excluding ortho intramolecular Hbond substituents is 6. The number of hydrogen-bond donors (Lipinski definition) is 13. The summed E-state index contributed by atoms with van der Waals surface area (Å²) in [6.45, 7) is 4.76. The lowest BCUT2D eigenvalue weighted by atomic mass is 9.72. The second-order valence-corrected chi connectivity index (χ2v) is 32.2. The summed E-state index contributed by atoms with van der Waals surface area (Å²) in [5, 5.41) is 124. The Bertz CT molecular complexity index is 5760. The monoisotopic (exact) mass is 1840 g/mol. The summed E-state index contributed by atoms with van der Waals surface area (Å²) < 4.78 is 68.4. The van der Waals surface area contributed by atoms with Crippen LogP contribution in [0.15, 0.2) is 54.6 Å². The van der Waals surface area contributed by atoms with E-state index < -0.39 is 342 Å². The lowest BCUT2D eigenvalue weighted by Gasteiger charge is -2.40. The quantitative estimate of drug-likeness (QED) is 0.00482. The number of methoxy groups -OCH3 is 3. The third-order valence-corrected chi connectivity index (χ3v) is 23.7. The fourth-order valence-corrected chi connectivity index (χ4v) is 17.2. The number of nitrogens with two attached hydrogens (primary N) is 1. The zero-order valence-corrected chi connectivity index (χ0v) is 73.0. The van der Waals surface area contributed by atoms with Gasteiger partial charge in [0.15, 0.2) is 56.0 Å². The Morgan fingerprint density at radius 3 is 0.985 bits per heavy atom. The number of aliphatic hydroxyl groups excluding tert-OH is 1. The van der Waals surface area contributed by atoms with Crippen molar-refractivity contribution in [3.8, 4) is 51.7 Å². The van der Waals surface area contributed by atoms with Gasteiger partial charge >= 0.3 is 17.9 Å². The summed E-state index contributed by atoms with van der Waals surface area (Å²) in [5.41, 5.74) is -15.7. The van der Waals surface area contributed by atoms with Gasteiger partial charge in [0.05, 0.1) is 109 Å². The molecule has 0 spiro atoms. The molecule has 0 saturated carbocycles. The van der Waals surface area contributed by atoms with Crippen molar-refractivity contribution in [3.05, 3.63) is 155 Å². The lowest BCUT2D eigenvalue weighted by Crippen LogP contribution is -2.48. The highest BCUT2D eigenvalue weighted by molar-refractivity contribution is 6.34. The Morgan fingerprint density at radius 1 is 0.417 bits per heavy atom. The van der Waals surface area contributed by atoms with Crippen LogP contribution in [0.4, 0.5) is 0 Å². The fraction of sp³-hybridized carbons (Fsp3) is 0.440. The Labute approximate surface area is 751 Å². The van der Waals surface area contributed by atoms with Crippen LogP contribution in [0.5, 0.6) is 51.7 Å². The summed E-state index contributed by atoms with van der Waals surface area (Å²) in [5.74, 6) is -15.5. The Morgan fingerprint density at radius 2 is 0.705 bits per heavy atom. The van der Waals surface area contributed by atoms with Crippen LogP contribution in [0.25, 0.3) is 0 Å². The number of esters is 3. The average molecular weight is 1840 g/mol. The molecule has 132 heavy (non-hydrogen) atoms. The molecule has 5 unspecified atom stereocenters. The van der Waals surface area contributed by atoms with Crippen LogP contribution in [0.3, 0.4) is 0 Å². The van der Waals surface area contributed by atoms with Crippen LogP contribution in [0.1, 0.15) is 266 Å². The number of carbonyl (C=O) groups excluding carboxylic acids is 15. The van der Waals surface area contributed by atoms with Crippen molar-refractivity contribution in [3.63, 3.8) is 0 Å². The molecule has 41 nitrogen and oxygen atoms in total. The third kappa shape index (κ3) is 19.0. The molecule has 0 radical (unpaired) electrons. The zero-order chi connectivity index (χ0) is 96.4. The summed E-state index contributed by atoms with van der Waals surface area (Å²) in [7, 11) is 3.71. The van der Waals surface area contributed by atoms with Crippen LogP contribution < -0.4 is 30.7 Å². The Balaban J connectivity index is 0.689. The summed E-state index contributed by atoms with van der Waals surface area (Å²) >= 11 is 0. The predicted octanol–water partition coefficient (Wildman–Crippen LogP) is 4.41. The molecule has 0 aliphatic heterocycles. The van der Waals surface area contributed by atoms with Crippen LogP contribution in [-0.4, -0.2) is 246 Å². The van der Waals surface area contributed by atoms with Gasteiger partial charge in [-0.25, -0.2) is 5.84 Å². The summed E-state index contributed by atoms with van der Waals surface area (Å²) in [6, 6.07) is 12.2. The number of Topliss-reactive ketones (excluding diaryl/α,β-unsaturated/α-hetero) is 3. The van der Waals surface area contributed by atoms with E-state index in [1.807, 2.05) is 0 Å². The van der Waals surface area contributed by atoms with E-state index >= 15 is 0 Å².